The monoisotopic (exact) mass is 409 g/mol. The van der Waals surface area contributed by atoms with Crippen LogP contribution >= 0.6 is 0 Å². The Kier molecular flexibility index (Phi) is 6.42. The molecule has 160 valence electrons. The van der Waals surface area contributed by atoms with E-state index in [1.165, 1.54) is 44.8 Å². The van der Waals surface area contributed by atoms with Crippen molar-refractivity contribution in [1.29, 1.82) is 0 Å². The van der Waals surface area contributed by atoms with Crippen LogP contribution in [0.2, 0.25) is 0 Å². The van der Waals surface area contributed by atoms with Gasteiger partial charge in [0.25, 0.3) is 0 Å². The minimum Gasteiger partial charge on any atom is -0.338 e. The number of fused-ring (bicyclic) bond motifs is 1. The number of imidazole rings is 1. The maximum Gasteiger partial charge on any atom is 0.141 e. The van der Waals surface area contributed by atoms with E-state index in [1.807, 2.05) is 6.20 Å². The Labute approximate surface area is 178 Å². The number of likely N-dealkylation sites (tertiary alicyclic amines) is 1. The van der Waals surface area contributed by atoms with Crippen LogP contribution in [0.1, 0.15) is 56.1 Å². The summed E-state index contributed by atoms with van der Waals surface area (Å²) in [5.41, 5.74) is 3.97. The molecule has 0 atom stereocenters. The molecule has 4 rings (SSSR count). The van der Waals surface area contributed by atoms with E-state index in [1.54, 1.807) is 13.0 Å². The molecule has 0 saturated carbocycles. The number of rotatable bonds is 7. The van der Waals surface area contributed by atoms with Gasteiger partial charge in [0.15, 0.2) is 0 Å². The summed E-state index contributed by atoms with van der Waals surface area (Å²) in [7, 11) is 2.22. The second-order valence-electron chi connectivity index (χ2n) is 8.65. The predicted octanol–water partition coefficient (Wildman–Crippen LogP) is 5.08. The van der Waals surface area contributed by atoms with E-state index < -0.39 is 0 Å². The molecular formula is C24H32FN5. The van der Waals surface area contributed by atoms with E-state index in [-0.39, 0.29) is 5.82 Å². The van der Waals surface area contributed by atoms with Crippen molar-refractivity contribution in [1.82, 2.24) is 24.8 Å². The van der Waals surface area contributed by atoms with Gasteiger partial charge in [-0.25, -0.2) is 19.3 Å². The van der Waals surface area contributed by atoms with Crippen LogP contribution < -0.4 is 0 Å². The number of hydrogen-bond donors (Lipinski definition) is 1. The van der Waals surface area contributed by atoms with Crippen molar-refractivity contribution in [2.75, 3.05) is 20.1 Å². The third kappa shape index (κ3) is 4.53. The summed E-state index contributed by atoms with van der Waals surface area (Å²) in [6, 6.07) is 3.21. The second kappa shape index (κ2) is 9.21. The van der Waals surface area contributed by atoms with Crippen LogP contribution in [0, 0.1) is 18.7 Å². The van der Waals surface area contributed by atoms with Crippen LogP contribution in [0.4, 0.5) is 4.39 Å². The Morgan fingerprint density at radius 2 is 1.97 bits per heavy atom. The van der Waals surface area contributed by atoms with Crippen LogP contribution in [0.5, 0.6) is 0 Å². The van der Waals surface area contributed by atoms with E-state index in [4.69, 9.17) is 4.98 Å². The molecule has 0 amide bonds. The highest BCUT2D eigenvalue weighted by atomic mass is 19.1. The van der Waals surface area contributed by atoms with Crippen molar-refractivity contribution in [3.8, 4) is 11.4 Å². The van der Waals surface area contributed by atoms with Gasteiger partial charge in [-0.15, -0.1) is 0 Å². The zero-order valence-corrected chi connectivity index (χ0v) is 18.3. The molecule has 1 fully saturated rings. The fourth-order valence-corrected chi connectivity index (χ4v) is 4.43. The molecule has 1 aromatic carbocycles. The molecule has 0 bridgehead atoms. The normalized spacial score (nSPS) is 15.9. The number of unbranched alkanes of at least 4 members (excludes halogenated alkanes) is 1. The number of nitrogens with zero attached hydrogens (tertiary/aromatic N) is 4. The van der Waals surface area contributed by atoms with Crippen molar-refractivity contribution in [3.63, 3.8) is 0 Å². The summed E-state index contributed by atoms with van der Waals surface area (Å²) in [6.45, 7) is 6.34. The van der Waals surface area contributed by atoms with Crippen molar-refractivity contribution in [2.45, 2.75) is 58.8 Å². The standard InChI is InChI=1S/C24H32FN5/c1-4-20-18(24-28-21-10-9-19(25)16(2)23(21)29-24)15-26-22(27-20)8-6-5-7-17-11-13-30(3)14-12-17/h9-10,15,17H,4-8,11-14H2,1-3H3,(H,28,29). The average molecular weight is 410 g/mol. The van der Waals surface area contributed by atoms with Crippen LogP contribution in [-0.4, -0.2) is 45.0 Å². The first kappa shape index (κ1) is 20.9. The molecule has 1 saturated heterocycles. The zero-order valence-electron chi connectivity index (χ0n) is 18.3. The lowest BCUT2D eigenvalue weighted by molar-refractivity contribution is 0.209. The average Bonchev–Trinajstić information content (AvgIpc) is 3.20. The highest BCUT2D eigenvalue weighted by Gasteiger charge is 2.17. The first-order chi connectivity index (χ1) is 14.5. The lowest BCUT2D eigenvalue weighted by Gasteiger charge is -2.28. The van der Waals surface area contributed by atoms with Gasteiger partial charge >= 0.3 is 0 Å². The van der Waals surface area contributed by atoms with Gasteiger partial charge in [0.1, 0.15) is 17.5 Å². The fraction of sp³-hybridized carbons (Fsp3) is 0.542. The lowest BCUT2D eigenvalue weighted by atomic mass is 9.91. The van der Waals surface area contributed by atoms with Crippen molar-refractivity contribution < 1.29 is 4.39 Å². The van der Waals surface area contributed by atoms with E-state index in [0.717, 1.165) is 47.8 Å². The van der Waals surface area contributed by atoms with E-state index >= 15 is 0 Å². The van der Waals surface area contributed by atoms with Gasteiger partial charge in [0.2, 0.25) is 0 Å². The summed E-state index contributed by atoms with van der Waals surface area (Å²) in [5, 5.41) is 0. The van der Waals surface area contributed by atoms with E-state index in [2.05, 4.69) is 33.8 Å². The number of H-pyrrole nitrogens is 1. The van der Waals surface area contributed by atoms with Crippen LogP contribution in [-0.2, 0) is 12.8 Å². The zero-order chi connectivity index (χ0) is 21.1. The minimum absolute atomic E-state index is 0.233. The largest absolute Gasteiger partial charge is 0.338 e. The third-order valence-corrected chi connectivity index (χ3v) is 6.45. The number of aromatic nitrogens is 4. The Bertz CT molecular complexity index is 1000. The van der Waals surface area contributed by atoms with Gasteiger partial charge in [0, 0.05) is 18.2 Å². The number of halogens is 1. The Morgan fingerprint density at radius 3 is 2.73 bits per heavy atom. The quantitative estimate of drug-likeness (QED) is 0.553. The van der Waals surface area contributed by atoms with Crippen molar-refractivity contribution >= 4 is 11.0 Å². The summed E-state index contributed by atoms with van der Waals surface area (Å²) in [4.78, 5) is 19.8. The molecule has 0 aliphatic carbocycles. The van der Waals surface area contributed by atoms with Gasteiger partial charge in [-0.2, -0.15) is 0 Å². The van der Waals surface area contributed by atoms with E-state index in [9.17, 15) is 4.39 Å². The second-order valence-corrected chi connectivity index (χ2v) is 8.65. The van der Waals surface area contributed by atoms with Gasteiger partial charge < -0.3 is 9.88 Å². The number of aryl methyl sites for hydroxylation is 3. The summed E-state index contributed by atoms with van der Waals surface area (Å²) >= 11 is 0. The van der Waals surface area contributed by atoms with E-state index in [0.29, 0.717) is 16.9 Å². The van der Waals surface area contributed by atoms with Gasteiger partial charge in [-0.3, -0.25) is 0 Å². The molecule has 0 unspecified atom stereocenters. The first-order valence-corrected chi connectivity index (χ1v) is 11.2. The molecule has 2 aromatic heterocycles. The minimum atomic E-state index is -0.233. The molecule has 5 nitrogen and oxygen atoms in total. The summed E-state index contributed by atoms with van der Waals surface area (Å²) in [5.74, 6) is 2.28. The molecule has 6 heteroatoms. The Hall–Kier alpha value is -2.34. The number of hydrogen-bond acceptors (Lipinski definition) is 4. The molecular weight excluding hydrogens is 377 g/mol. The SMILES string of the molecule is CCc1nc(CCCCC2CCN(C)CC2)ncc1-c1nc2c(C)c(F)ccc2[nH]1. The third-order valence-electron chi connectivity index (χ3n) is 6.45. The van der Waals surface area contributed by atoms with Crippen LogP contribution in [0.15, 0.2) is 18.3 Å². The number of benzene rings is 1. The predicted molar refractivity (Wildman–Crippen MR) is 119 cm³/mol. The van der Waals surface area contributed by atoms with Crippen molar-refractivity contribution in [3.05, 3.63) is 41.2 Å². The maximum atomic E-state index is 13.9. The number of nitrogens with one attached hydrogen (secondary N) is 1. The first-order valence-electron chi connectivity index (χ1n) is 11.2. The van der Waals surface area contributed by atoms with Crippen molar-refractivity contribution in [2.24, 2.45) is 5.92 Å². The van der Waals surface area contributed by atoms with Crippen LogP contribution in [0.3, 0.4) is 0 Å². The molecule has 0 spiro atoms. The Morgan fingerprint density at radius 1 is 1.17 bits per heavy atom. The van der Waals surface area contributed by atoms with Crippen LogP contribution in [0.25, 0.3) is 22.4 Å². The molecule has 1 aliphatic rings. The highest BCUT2D eigenvalue weighted by molar-refractivity contribution is 5.82. The molecule has 1 N–H and O–H groups in total. The Balaban J connectivity index is 1.41. The van der Waals surface area contributed by atoms with Gasteiger partial charge in [0.05, 0.1) is 22.3 Å². The molecule has 0 radical (unpaired) electrons. The molecule has 1 aliphatic heterocycles. The molecule has 3 heterocycles. The molecule has 30 heavy (non-hydrogen) atoms. The summed E-state index contributed by atoms with van der Waals surface area (Å²) < 4.78 is 13.9. The topological polar surface area (TPSA) is 57.7 Å². The number of piperidine rings is 1. The number of aromatic amines is 1. The maximum absolute atomic E-state index is 13.9. The molecule has 3 aromatic rings. The van der Waals surface area contributed by atoms with Gasteiger partial charge in [-0.1, -0.05) is 19.8 Å². The fourth-order valence-electron chi connectivity index (χ4n) is 4.43. The smallest absolute Gasteiger partial charge is 0.141 e. The summed E-state index contributed by atoms with van der Waals surface area (Å²) in [6.07, 6.45) is 9.98. The lowest BCUT2D eigenvalue weighted by Crippen LogP contribution is -2.30. The van der Waals surface area contributed by atoms with Gasteiger partial charge in [-0.05, 0) is 70.8 Å². The highest BCUT2D eigenvalue weighted by Crippen LogP contribution is 2.26.